The molecule has 0 aromatic heterocycles. The molecule has 1 unspecified atom stereocenters. The minimum absolute atomic E-state index is 0.0234. The number of allylic oxidation sites excluding steroid dienone is 4. The molecule has 4 N–H and O–H groups in total. The van der Waals surface area contributed by atoms with Crippen LogP contribution in [0.15, 0.2) is 35.4 Å². The van der Waals surface area contributed by atoms with Gasteiger partial charge in [0.05, 0.1) is 22.1 Å². The number of nitrogens with one attached hydrogen (secondary N) is 3. The molecule has 2 aliphatic heterocycles. The smallest absolute Gasteiger partial charge is 0.237 e. The minimum atomic E-state index is -1.29. The van der Waals surface area contributed by atoms with Crippen molar-refractivity contribution in [3.8, 4) is 0 Å². The van der Waals surface area contributed by atoms with Gasteiger partial charge in [-0.15, -0.1) is 0 Å². The first-order valence-electron chi connectivity index (χ1n) is 13.3. The van der Waals surface area contributed by atoms with Gasteiger partial charge in [0.2, 0.25) is 11.8 Å². The van der Waals surface area contributed by atoms with Gasteiger partial charge in [-0.3, -0.25) is 9.59 Å². The number of rotatable bonds is 7. The summed E-state index contributed by atoms with van der Waals surface area (Å²) >= 11 is 11.9. The zero-order valence-electron chi connectivity index (χ0n) is 22.9. The van der Waals surface area contributed by atoms with Crippen molar-refractivity contribution in [2.24, 2.45) is 17.3 Å². The molecule has 5 atom stereocenters. The largest absolute Gasteiger partial charge is 0.390 e. The molecule has 39 heavy (non-hydrogen) atoms. The Morgan fingerprint density at radius 2 is 2.00 bits per heavy atom. The summed E-state index contributed by atoms with van der Waals surface area (Å²) in [5.41, 5.74) is -1.48. The standard InChI is InChI=1S/C29H37Cl2F2N3O3/c1-15(7-6-8-16(30)14-32)23-24(25(37)34-17-11-28(5,39)12-17)36-22(13-27(2,3)4)29(23)18-9-20(33)19(31)10-21(18)35-26(29)38/h6-10,15,17,22-24,36,39H,11-14H2,1-5H3,(H,34,37)(H,35,38)/b7-6-,16-8+/t15?,17-,22-,23-,24+,28+,29+/m0/s1. The molecule has 1 saturated carbocycles. The van der Waals surface area contributed by atoms with E-state index in [-0.39, 0.29) is 33.3 Å². The van der Waals surface area contributed by atoms with E-state index in [9.17, 15) is 23.5 Å². The maximum Gasteiger partial charge on any atom is 0.237 e. The molecule has 2 fully saturated rings. The molecule has 3 aliphatic rings. The summed E-state index contributed by atoms with van der Waals surface area (Å²) in [4.78, 5) is 27.9. The van der Waals surface area contributed by atoms with Gasteiger partial charge in [0.1, 0.15) is 12.5 Å². The normalized spacial score (nSPS) is 33.3. The summed E-state index contributed by atoms with van der Waals surface area (Å²) in [7, 11) is 0. The number of hydrogen-bond donors (Lipinski definition) is 4. The molecule has 6 nitrogen and oxygen atoms in total. The molecule has 0 bridgehead atoms. The van der Waals surface area contributed by atoms with Gasteiger partial charge in [0.25, 0.3) is 0 Å². The summed E-state index contributed by atoms with van der Waals surface area (Å²) in [5, 5.41) is 19.5. The van der Waals surface area contributed by atoms with Crippen molar-refractivity contribution in [1.82, 2.24) is 10.6 Å². The van der Waals surface area contributed by atoms with Crippen LogP contribution in [-0.4, -0.2) is 47.3 Å². The van der Waals surface area contributed by atoms with Crippen LogP contribution in [-0.2, 0) is 15.0 Å². The number of hydrogen-bond acceptors (Lipinski definition) is 4. The van der Waals surface area contributed by atoms with Crippen molar-refractivity contribution in [2.45, 2.75) is 83.0 Å². The van der Waals surface area contributed by atoms with E-state index in [1.54, 1.807) is 19.1 Å². The first-order chi connectivity index (χ1) is 18.1. The molecular weight excluding hydrogens is 547 g/mol. The lowest BCUT2D eigenvalue weighted by molar-refractivity contribution is -0.128. The van der Waals surface area contributed by atoms with Gasteiger partial charge in [-0.25, -0.2) is 8.78 Å². The molecule has 1 saturated heterocycles. The highest BCUT2D eigenvalue weighted by atomic mass is 35.5. The van der Waals surface area contributed by atoms with E-state index in [1.165, 1.54) is 18.2 Å². The number of fused-ring (bicyclic) bond motifs is 2. The van der Waals surface area contributed by atoms with Crippen LogP contribution in [0.1, 0.15) is 59.4 Å². The van der Waals surface area contributed by atoms with Crippen LogP contribution < -0.4 is 16.0 Å². The molecule has 1 aromatic rings. The molecule has 10 heteroatoms. The van der Waals surface area contributed by atoms with Gasteiger partial charge in [-0.2, -0.15) is 0 Å². The SMILES string of the molecule is CC(/C=C\C=C(\Cl)CF)[C@H]1[C@H](C(=O)N[C@H]2C[C@@](C)(O)C2)N[C@@H](CC(C)(C)C)[C@@]12C(=O)Nc1cc(Cl)c(F)cc12. The first-order valence-corrected chi connectivity index (χ1v) is 14.0. The van der Waals surface area contributed by atoms with Crippen molar-refractivity contribution in [2.75, 3.05) is 12.0 Å². The molecule has 1 spiro atoms. The fourth-order valence-electron chi connectivity index (χ4n) is 6.65. The molecule has 2 amide bonds. The molecule has 1 aliphatic carbocycles. The van der Waals surface area contributed by atoms with E-state index in [1.807, 2.05) is 27.7 Å². The van der Waals surface area contributed by atoms with E-state index < -0.39 is 47.4 Å². The van der Waals surface area contributed by atoms with E-state index in [0.29, 0.717) is 30.5 Å². The second kappa shape index (κ2) is 10.8. The average molecular weight is 585 g/mol. The Kier molecular flexibility index (Phi) is 8.27. The fraction of sp³-hybridized carbons (Fsp3) is 0.586. The third-order valence-corrected chi connectivity index (χ3v) is 8.67. The number of anilines is 1. The van der Waals surface area contributed by atoms with E-state index >= 15 is 0 Å². The summed E-state index contributed by atoms with van der Waals surface area (Å²) in [6.45, 7) is 8.94. The van der Waals surface area contributed by atoms with Gasteiger partial charge in [0.15, 0.2) is 0 Å². The zero-order valence-corrected chi connectivity index (χ0v) is 24.4. The molecular formula is C29H37Cl2F2N3O3. The highest BCUT2D eigenvalue weighted by molar-refractivity contribution is 6.31. The Balaban J connectivity index is 1.84. The topological polar surface area (TPSA) is 90.5 Å². The summed E-state index contributed by atoms with van der Waals surface area (Å²) in [6.07, 6.45) is 6.23. The summed E-state index contributed by atoms with van der Waals surface area (Å²) in [6, 6.07) is 1.22. The predicted octanol–water partition coefficient (Wildman–Crippen LogP) is 5.38. The van der Waals surface area contributed by atoms with Crippen LogP contribution in [0.25, 0.3) is 0 Å². The van der Waals surface area contributed by atoms with Crippen molar-refractivity contribution in [1.29, 1.82) is 0 Å². The lowest BCUT2D eigenvalue weighted by Gasteiger charge is -2.42. The number of amides is 2. The third kappa shape index (κ3) is 5.76. The second-order valence-electron chi connectivity index (χ2n) is 12.7. The van der Waals surface area contributed by atoms with Crippen molar-refractivity contribution >= 4 is 40.7 Å². The van der Waals surface area contributed by atoms with Gasteiger partial charge in [0, 0.05) is 28.7 Å². The fourth-order valence-corrected chi connectivity index (χ4v) is 6.88. The maximum atomic E-state index is 14.9. The highest BCUT2D eigenvalue weighted by Crippen LogP contribution is 2.55. The van der Waals surface area contributed by atoms with Gasteiger partial charge < -0.3 is 21.1 Å². The van der Waals surface area contributed by atoms with Crippen molar-refractivity contribution in [3.05, 3.63) is 51.8 Å². The Labute approximate surface area is 238 Å². The highest BCUT2D eigenvalue weighted by Gasteiger charge is 2.66. The van der Waals surface area contributed by atoms with Crippen molar-refractivity contribution < 1.29 is 23.5 Å². The summed E-state index contributed by atoms with van der Waals surface area (Å²) < 4.78 is 27.9. The van der Waals surface area contributed by atoms with Gasteiger partial charge >= 0.3 is 0 Å². The minimum Gasteiger partial charge on any atom is -0.390 e. The van der Waals surface area contributed by atoms with Crippen LogP contribution in [0.4, 0.5) is 14.5 Å². The number of aliphatic hydroxyl groups is 1. The van der Waals surface area contributed by atoms with Crippen LogP contribution >= 0.6 is 23.2 Å². The molecule has 4 rings (SSSR count). The number of carbonyl (C=O) groups is 2. The molecule has 0 radical (unpaired) electrons. The Hall–Kier alpha value is -2.00. The number of carbonyl (C=O) groups excluding carboxylic acids is 2. The molecule has 214 valence electrons. The van der Waals surface area contributed by atoms with Crippen LogP contribution in [0, 0.1) is 23.1 Å². The number of benzene rings is 1. The van der Waals surface area contributed by atoms with Crippen LogP contribution in [0.3, 0.4) is 0 Å². The number of alkyl halides is 1. The van der Waals surface area contributed by atoms with Crippen LogP contribution in [0.2, 0.25) is 5.02 Å². The monoisotopic (exact) mass is 583 g/mol. The second-order valence-corrected chi connectivity index (χ2v) is 13.6. The van der Waals surface area contributed by atoms with E-state index in [4.69, 9.17) is 23.2 Å². The Morgan fingerprint density at radius 3 is 2.59 bits per heavy atom. The average Bonchev–Trinajstić information content (AvgIpc) is 3.27. The molecule has 2 heterocycles. The summed E-state index contributed by atoms with van der Waals surface area (Å²) in [5.74, 6) is -2.29. The Morgan fingerprint density at radius 1 is 1.33 bits per heavy atom. The maximum absolute atomic E-state index is 14.9. The van der Waals surface area contributed by atoms with Crippen LogP contribution in [0.5, 0.6) is 0 Å². The van der Waals surface area contributed by atoms with E-state index in [0.717, 1.165) is 0 Å². The lowest BCUT2D eigenvalue weighted by atomic mass is 9.61. The van der Waals surface area contributed by atoms with Gasteiger partial charge in [-0.05, 0) is 61.3 Å². The van der Waals surface area contributed by atoms with E-state index in [2.05, 4.69) is 16.0 Å². The lowest BCUT2D eigenvalue weighted by Crippen LogP contribution is -2.58. The third-order valence-electron chi connectivity index (χ3n) is 8.15. The van der Waals surface area contributed by atoms with Crippen molar-refractivity contribution in [3.63, 3.8) is 0 Å². The Bertz CT molecular complexity index is 1200. The van der Waals surface area contributed by atoms with Gasteiger partial charge in [-0.1, -0.05) is 63.0 Å². The first kappa shape index (κ1) is 30.0. The quantitative estimate of drug-likeness (QED) is 0.324. The zero-order chi connectivity index (χ0) is 28.9. The number of halogens is 4. The predicted molar refractivity (Wildman–Crippen MR) is 150 cm³/mol. The molecule has 1 aromatic carbocycles.